The molecule has 0 bridgehead atoms. The first-order chi connectivity index (χ1) is 9.63. The van der Waals surface area contributed by atoms with Crippen LogP contribution >= 0.6 is 15.9 Å². The first-order valence-electron chi connectivity index (χ1n) is 5.92. The van der Waals surface area contributed by atoms with Crippen LogP contribution in [0.25, 0.3) is 0 Å². The van der Waals surface area contributed by atoms with Gasteiger partial charge in [0.1, 0.15) is 11.4 Å². The van der Waals surface area contributed by atoms with Crippen LogP contribution in [0.3, 0.4) is 0 Å². The molecule has 6 heteroatoms. The number of nitrogens with zero attached hydrogens (tertiary/aromatic N) is 1. The molecule has 0 saturated carbocycles. The number of rotatable bonds is 4. The van der Waals surface area contributed by atoms with Gasteiger partial charge in [0.25, 0.3) is 5.91 Å². The molecule has 2 rings (SSSR count). The van der Waals surface area contributed by atoms with E-state index in [1.165, 1.54) is 0 Å². The minimum absolute atomic E-state index is 0.281. The van der Waals surface area contributed by atoms with Crippen molar-refractivity contribution in [2.24, 2.45) is 0 Å². The van der Waals surface area contributed by atoms with Crippen molar-refractivity contribution in [3.8, 4) is 5.75 Å². The number of amides is 1. The molecule has 1 amide bonds. The lowest BCUT2D eigenvalue weighted by atomic mass is 10.2. The average molecular weight is 336 g/mol. The highest BCUT2D eigenvalue weighted by Gasteiger charge is 2.11. The van der Waals surface area contributed by atoms with Crippen molar-refractivity contribution in [1.29, 1.82) is 0 Å². The Hall–Kier alpha value is -2.08. The van der Waals surface area contributed by atoms with Crippen molar-refractivity contribution < 1.29 is 9.53 Å². The zero-order valence-electron chi connectivity index (χ0n) is 11.1. The number of hydrogen-bond donors (Lipinski definition) is 2. The second-order valence-corrected chi connectivity index (χ2v) is 4.83. The summed E-state index contributed by atoms with van der Waals surface area (Å²) in [5, 5.41) is 5.76. The molecular formula is C14H14BrN3O2. The molecule has 0 aliphatic heterocycles. The maximum atomic E-state index is 12.2. The van der Waals surface area contributed by atoms with E-state index in [1.54, 1.807) is 44.6 Å². The first-order valence-corrected chi connectivity index (χ1v) is 6.72. The van der Waals surface area contributed by atoms with Gasteiger partial charge in [-0.1, -0.05) is 0 Å². The molecule has 1 aromatic heterocycles. The topological polar surface area (TPSA) is 63.2 Å². The smallest absolute Gasteiger partial charge is 0.274 e. The van der Waals surface area contributed by atoms with Gasteiger partial charge in [0.2, 0.25) is 0 Å². The Morgan fingerprint density at radius 3 is 2.80 bits per heavy atom. The Labute approximate surface area is 125 Å². The summed E-state index contributed by atoms with van der Waals surface area (Å²) in [4.78, 5) is 16.2. The molecule has 0 atom stereocenters. The van der Waals surface area contributed by atoms with Crippen LogP contribution in [0.2, 0.25) is 0 Å². The summed E-state index contributed by atoms with van der Waals surface area (Å²) in [6, 6.07) is 8.83. The molecule has 0 unspecified atom stereocenters. The minimum atomic E-state index is -0.281. The Balaban J connectivity index is 2.22. The van der Waals surface area contributed by atoms with Crippen molar-refractivity contribution in [3.05, 3.63) is 46.7 Å². The van der Waals surface area contributed by atoms with Crippen LogP contribution < -0.4 is 15.4 Å². The average Bonchev–Trinajstić information content (AvgIpc) is 2.49. The number of hydrogen-bond acceptors (Lipinski definition) is 4. The first kappa shape index (κ1) is 14.3. The fourth-order valence-electron chi connectivity index (χ4n) is 1.62. The summed E-state index contributed by atoms with van der Waals surface area (Å²) in [7, 11) is 3.36. The van der Waals surface area contributed by atoms with Crippen LogP contribution in [0.4, 0.5) is 11.4 Å². The Morgan fingerprint density at radius 1 is 1.30 bits per heavy atom. The van der Waals surface area contributed by atoms with E-state index in [0.717, 1.165) is 10.2 Å². The van der Waals surface area contributed by atoms with Crippen LogP contribution in [-0.4, -0.2) is 25.0 Å². The molecule has 0 fully saturated rings. The highest BCUT2D eigenvalue weighted by molar-refractivity contribution is 9.10. The number of nitrogens with one attached hydrogen (secondary N) is 2. The predicted molar refractivity (Wildman–Crippen MR) is 82.4 cm³/mol. The Kier molecular flexibility index (Phi) is 4.57. The summed E-state index contributed by atoms with van der Waals surface area (Å²) < 4.78 is 5.91. The molecule has 104 valence electrons. The van der Waals surface area contributed by atoms with Crippen LogP contribution in [0.15, 0.2) is 41.0 Å². The Morgan fingerprint density at radius 2 is 2.10 bits per heavy atom. The molecule has 1 heterocycles. The van der Waals surface area contributed by atoms with Gasteiger partial charge in [-0.15, -0.1) is 0 Å². The van der Waals surface area contributed by atoms with Gasteiger partial charge in [0.05, 0.1) is 12.8 Å². The number of carbonyl (C=O) groups excluding carboxylic acids is 1. The zero-order valence-corrected chi connectivity index (χ0v) is 12.7. The second kappa shape index (κ2) is 6.38. The van der Waals surface area contributed by atoms with E-state index in [9.17, 15) is 4.79 Å². The fourth-order valence-corrected chi connectivity index (χ4v) is 1.97. The lowest BCUT2D eigenvalue weighted by molar-refractivity contribution is 0.102. The highest BCUT2D eigenvalue weighted by Crippen LogP contribution is 2.27. The van der Waals surface area contributed by atoms with Crippen molar-refractivity contribution in [2.75, 3.05) is 24.8 Å². The molecule has 2 aromatic rings. The standard InChI is InChI=1S/C14H14BrN3O2/c1-16-9-5-6-17-13(7-9)14(19)18-12-8-10(20-2)3-4-11(12)15/h3-8H,1-2H3,(H,16,17)(H,18,19). The summed E-state index contributed by atoms with van der Waals surface area (Å²) in [5.41, 5.74) is 1.80. The lowest BCUT2D eigenvalue weighted by Gasteiger charge is -2.09. The third-order valence-corrected chi connectivity index (χ3v) is 3.39. The van der Waals surface area contributed by atoms with E-state index in [0.29, 0.717) is 17.1 Å². The van der Waals surface area contributed by atoms with Gasteiger partial charge in [-0.25, -0.2) is 0 Å². The molecule has 0 aliphatic rings. The molecule has 2 N–H and O–H groups in total. The van der Waals surface area contributed by atoms with Gasteiger partial charge in [0, 0.05) is 29.5 Å². The number of pyridine rings is 1. The molecule has 0 radical (unpaired) electrons. The molecular weight excluding hydrogens is 322 g/mol. The summed E-state index contributed by atoms with van der Waals surface area (Å²) in [6.07, 6.45) is 1.58. The number of anilines is 2. The largest absolute Gasteiger partial charge is 0.497 e. The van der Waals surface area contributed by atoms with E-state index in [1.807, 2.05) is 6.07 Å². The van der Waals surface area contributed by atoms with Gasteiger partial charge in [0.15, 0.2) is 0 Å². The van der Waals surface area contributed by atoms with Crippen LogP contribution in [-0.2, 0) is 0 Å². The molecule has 20 heavy (non-hydrogen) atoms. The van der Waals surface area contributed by atoms with Crippen molar-refractivity contribution in [3.63, 3.8) is 0 Å². The summed E-state index contributed by atoms with van der Waals surface area (Å²) in [6.45, 7) is 0. The molecule has 5 nitrogen and oxygen atoms in total. The third kappa shape index (κ3) is 3.27. The quantitative estimate of drug-likeness (QED) is 0.900. The maximum absolute atomic E-state index is 12.2. The maximum Gasteiger partial charge on any atom is 0.274 e. The van der Waals surface area contributed by atoms with E-state index in [4.69, 9.17) is 4.74 Å². The van der Waals surface area contributed by atoms with E-state index < -0.39 is 0 Å². The Bertz CT molecular complexity index is 632. The summed E-state index contributed by atoms with van der Waals surface area (Å²) in [5.74, 6) is 0.386. The van der Waals surface area contributed by atoms with Crippen molar-refractivity contribution in [2.45, 2.75) is 0 Å². The normalized spacial score (nSPS) is 9.95. The number of carbonyl (C=O) groups is 1. The van der Waals surface area contributed by atoms with Crippen molar-refractivity contribution >= 4 is 33.2 Å². The fraction of sp³-hybridized carbons (Fsp3) is 0.143. The SMILES string of the molecule is CNc1ccnc(C(=O)Nc2cc(OC)ccc2Br)c1. The number of methoxy groups -OCH3 is 1. The number of halogens is 1. The highest BCUT2D eigenvalue weighted by atomic mass is 79.9. The summed E-state index contributed by atoms with van der Waals surface area (Å²) >= 11 is 3.39. The van der Waals surface area contributed by atoms with E-state index >= 15 is 0 Å². The van der Waals surface area contributed by atoms with Crippen LogP contribution in [0.1, 0.15) is 10.5 Å². The van der Waals surface area contributed by atoms with Gasteiger partial charge in [-0.05, 0) is 40.2 Å². The molecule has 0 spiro atoms. The second-order valence-electron chi connectivity index (χ2n) is 3.98. The monoisotopic (exact) mass is 335 g/mol. The number of benzene rings is 1. The van der Waals surface area contributed by atoms with Gasteiger partial charge >= 0.3 is 0 Å². The van der Waals surface area contributed by atoms with E-state index in [-0.39, 0.29) is 5.91 Å². The molecule has 0 aliphatic carbocycles. The number of ether oxygens (including phenoxy) is 1. The lowest BCUT2D eigenvalue weighted by Crippen LogP contribution is -2.14. The zero-order chi connectivity index (χ0) is 14.5. The van der Waals surface area contributed by atoms with Gasteiger partial charge < -0.3 is 15.4 Å². The minimum Gasteiger partial charge on any atom is -0.497 e. The molecule has 0 saturated heterocycles. The third-order valence-electron chi connectivity index (χ3n) is 2.70. The van der Waals surface area contributed by atoms with Gasteiger partial charge in [-0.2, -0.15) is 0 Å². The van der Waals surface area contributed by atoms with Crippen LogP contribution in [0, 0.1) is 0 Å². The molecule has 1 aromatic carbocycles. The number of aromatic nitrogens is 1. The van der Waals surface area contributed by atoms with Crippen LogP contribution in [0.5, 0.6) is 5.75 Å². The van der Waals surface area contributed by atoms with Crippen molar-refractivity contribution in [1.82, 2.24) is 4.98 Å². The predicted octanol–water partition coefficient (Wildman–Crippen LogP) is 3.15. The van der Waals surface area contributed by atoms with Gasteiger partial charge in [-0.3, -0.25) is 9.78 Å². The van der Waals surface area contributed by atoms with E-state index in [2.05, 4.69) is 31.5 Å².